The monoisotopic (exact) mass is 338 g/mol. The largest absolute Gasteiger partial charge is 0.349 e. The van der Waals surface area contributed by atoms with Gasteiger partial charge in [0.15, 0.2) is 0 Å². The Morgan fingerprint density at radius 3 is 2.96 bits per heavy atom. The normalized spacial score (nSPS) is 15.8. The van der Waals surface area contributed by atoms with Crippen LogP contribution >= 0.6 is 11.3 Å². The molecule has 1 atom stereocenters. The molecule has 8 heteroatoms. The Morgan fingerprint density at radius 1 is 1.21 bits per heavy atom. The molecule has 0 spiro atoms. The lowest BCUT2D eigenvalue weighted by atomic mass is 10.1. The highest BCUT2D eigenvalue weighted by Gasteiger charge is 2.31. The van der Waals surface area contributed by atoms with Crippen LogP contribution in [-0.2, 0) is 13.0 Å². The number of thiazole rings is 1. The molecule has 2 N–H and O–H groups in total. The van der Waals surface area contributed by atoms with Gasteiger partial charge < -0.3 is 10.6 Å². The van der Waals surface area contributed by atoms with Crippen molar-refractivity contribution < 1.29 is 4.79 Å². The highest BCUT2D eigenvalue weighted by atomic mass is 32.1. The van der Waals surface area contributed by atoms with Crippen LogP contribution in [0.4, 0.5) is 5.95 Å². The van der Waals surface area contributed by atoms with Crippen LogP contribution in [0, 0.1) is 0 Å². The number of fused-ring (bicyclic) bond motifs is 1. The molecule has 3 aromatic heterocycles. The Labute approximate surface area is 142 Å². The number of amides is 1. The molecule has 0 radical (unpaired) electrons. The Kier molecular flexibility index (Phi) is 3.87. The van der Waals surface area contributed by atoms with Gasteiger partial charge >= 0.3 is 0 Å². The average molecular weight is 338 g/mol. The molecule has 0 fully saturated rings. The summed E-state index contributed by atoms with van der Waals surface area (Å²) in [5.41, 5.74) is 4.87. The van der Waals surface area contributed by atoms with Gasteiger partial charge in [0, 0.05) is 24.2 Å². The topological polar surface area (TPSA) is 92.7 Å². The van der Waals surface area contributed by atoms with Gasteiger partial charge in [-0.3, -0.25) is 9.78 Å². The second-order valence-electron chi connectivity index (χ2n) is 5.38. The van der Waals surface area contributed by atoms with Crippen LogP contribution in [0.3, 0.4) is 0 Å². The molecule has 7 nitrogen and oxygen atoms in total. The number of carbonyl (C=O) groups is 1. The molecule has 1 aliphatic rings. The fourth-order valence-corrected chi connectivity index (χ4v) is 3.16. The second-order valence-corrected chi connectivity index (χ2v) is 6.10. The SMILES string of the molecule is O=C1NC(Cc2cscn2)c2nc(NCc3ccccn3)ncc21. The average Bonchev–Trinajstić information content (AvgIpc) is 3.23. The quantitative estimate of drug-likeness (QED) is 0.739. The van der Waals surface area contributed by atoms with E-state index < -0.39 is 0 Å². The van der Waals surface area contributed by atoms with E-state index in [1.165, 1.54) is 11.3 Å². The van der Waals surface area contributed by atoms with Gasteiger partial charge in [0.05, 0.1) is 40.7 Å². The van der Waals surface area contributed by atoms with Gasteiger partial charge in [-0.15, -0.1) is 11.3 Å². The number of aromatic nitrogens is 4. The summed E-state index contributed by atoms with van der Waals surface area (Å²) in [4.78, 5) is 29.3. The maximum absolute atomic E-state index is 12.1. The standard InChI is InChI=1S/C16H14N6OS/c23-15-12-7-19-16(18-6-10-3-1-2-4-17-10)22-14(12)13(21-15)5-11-8-24-9-20-11/h1-4,7-9,13H,5-6H2,(H,21,23)(H,18,19,22). The van der Waals surface area contributed by atoms with Crippen molar-refractivity contribution >= 4 is 23.2 Å². The van der Waals surface area contributed by atoms with E-state index in [1.807, 2.05) is 23.6 Å². The van der Waals surface area contributed by atoms with Crippen molar-refractivity contribution in [2.45, 2.75) is 19.0 Å². The lowest BCUT2D eigenvalue weighted by Crippen LogP contribution is -2.21. The molecule has 0 aliphatic carbocycles. The first-order valence-electron chi connectivity index (χ1n) is 7.48. The Balaban J connectivity index is 1.53. The highest BCUT2D eigenvalue weighted by Crippen LogP contribution is 2.26. The van der Waals surface area contributed by atoms with Gasteiger partial charge in [0.25, 0.3) is 5.91 Å². The summed E-state index contributed by atoms with van der Waals surface area (Å²) < 4.78 is 0. The van der Waals surface area contributed by atoms with E-state index in [1.54, 1.807) is 17.9 Å². The number of nitrogens with one attached hydrogen (secondary N) is 2. The zero-order valence-electron chi connectivity index (χ0n) is 12.6. The van der Waals surface area contributed by atoms with Gasteiger partial charge in [0.1, 0.15) is 0 Å². The number of hydrogen-bond acceptors (Lipinski definition) is 7. The van der Waals surface area contributed by atoms with Crippen molar-refractivity contribution in [2.75, 3.05) is 5.32 Å². The fourth-order valence-electron chi connectivity index (χ4n) is 2.59. The molecule has 4 heterocycles. The molecule has 1 aliphatic heterocycles. The number of anilines is 1. The third-order valence-electron chi connectivity index (χ3n) is 3.75. The zero-order chi connectivity index (χ0) is 16.4. The Bertz CT molecular complexity index is 852. The summed E-state index contributed by atoms with van der Waals surface area (Å²) in [6.07, 6.45) is 3.94. The lowest BCUT2D eigenvalue weighted by molar-refractivity contribution is 0.0956. The number of nitrogens with zero attached hydrogens (tertiary/aromatic N) is 4. The third-order valence-corrected chi connectivity index (χ3v) is 4.38. The van der Waals surface area contributed by atoms with Crippen LogP contribution in [0.1, 0.15) is 33.5 Å². The predicted octanol–water partition coefficient (Wildman–Crippen LogP) is 1.97. The maximum atomic E-state index is 12.1. The first kappa shape index (κ1) is 14.7. The molecule has 120 valence electrons. The van der Waals surface area contributed by atoms with Crippen LogP contribution in [0.5, 0.6) is 0 Å². The Morgan fingerprint density at radius 2 is 2.17 bits per heavy atom. The van der Waals surface area contributed by atoms with Crippen molar-refractivity contribution in [1.82, 2.24) is 25.3 Å². The van der Waals surface area contributed by atoms with Crippen molar-refractivity contribution in [3.05, 3.63) is 64.1 Å². The molecular weight excluding hydrogens is 324 g/mol. The molecule has 0 aromatic carbocycles. The van der Waals surface area contributed by atoms with Crippen LogP contribution in [0.2, 0.25) is 0 Å². The van der Waals surface area contributed by atoms with Crippen molar-refractivity contribution in [3.63, 3.8) is 0 Å². The molecule has 1 amide bonds. The van der Waals surface area contributed by atoms with E-state index in [2.05, 4.69) is 30.6 Å². The molecular formula is C16H14N6OS. The molecule has 0 bridgehead atoms. The first-order valence-corrected chi connectivity index (χ1v) is 8.42. The van der Waals surface area contributed by atoms with Gasteiger partial charge in [-0.05, 0) is 12.1 Å². The van der Waals surface area contributed by atoms with Crippen LogP contribution < -0.4 is 10.6 Å². The maximum Gasteiger partial charge on any atom is 0.255 e. The summed E-state index contributed by atoms with van der Waals surface area (Å²) in [6, 6.07) is 5.56. The number of pyridine rings is 1. The van der Waals surface area contributed by atoms with E-state index in [0.717, 1.165) is 11.4 Å². The Hall–Kier alpha value is -2.87. The molecule has 1 unspecified atom stereocenters. The van der Waals surface area contributed by atoms with E-state index >= 15 is 0 Å². The van der Waals surface area contributed by atoms with Gasteiger partial charge in [-0.25, -0.2) is 15.0 Å². The minimum atomic E-state index is -0.173. The van der Waals surface area contributed by atoms with Gasteiger partial charge in [-0.1, -0.05) is 6.07 Å². The highest BCUT2D eigenvalue weighted by molar-refractivity contribution is 7.07. The summed E-state index contributed by atoms with van der Waals surface area (Å²) in [5.74, 6) is 0.348. The van der Waals surface area contributed by atoms with E-state index in [-0.39, 0.29) is 11.9 Å². The molecule has 0 saturated carbocycles. The molecule has 4 rings (SSSR count). The van der Waals surface area contributed by atoms with E-state index in [9.17, 15) is 4.79 Å². The summed E-state index contributed by atoms with van der Waals surface area (Å²) in [5, 5.41) is 8.07. The molecule has 24 heavy (non-hydrogen) atoms. The van der Waals surface area contributed by atoms with Gasteiger partial charge in [-0.2, -0.15) is 0 Å². The van der Waals surface area contributed by atoms with Crippen molar-refractivity contribution in [2.24, 2.45) is 0 Å². The van der Waals surface area contributed by atoms with E-state index in [4.69, 9.17) is 0 Å². The first-order chi connectivity index (χ1) is 11.8. The second kappa shape index (κ2) is 6.32. The molecule has 3 aromatic rings. The zero-order valence-corrected chi connectivity index (χ0v) is 13.5. The third kappa shape index (κ3) is 2.95. The van der Waals surface area contributed by atoms with Crippen LogP contribution in [0.25, 0.3) is 0 Å². The van der Waals surface area contributed by atoms with Crippen LogP contribution in [-0.4, -0.2) is 25.8 Å². The van der Waals surface area contributed by atoms with Crippen LogP contribution in [0.15, 0.2) is 41.5 Å². The minimum absolute atomic E-state index is 0.137. The van der Waals surface area contributed by atoms with Gasteiger partial charge in [0.2, 0.25) is 5.95 Å². The summed E-state index contributed by atoms with van der Waals surface area (Å²) >= 11 is 1.54. The van der Waals surface area contributed by atoms with Crippen molar-refractivity contribution in [1.29, 1.82) is 0 Å². The number of hydrogen-bond donors (Lipinski definition) is 2. The van der Waals surface area contributed by atoms with E-state index in [0.29, 0.717) is 30.2 Å². The summed E-state index contributed by atoms with van der Waals surface area (Å²) in [6.45, 7) is 0.526. The molecule has 0 saturated heterocycles. The summed E-state index contributed by atoms with van der Waals surface area (Å²) in [7, 11) is 0. The predicted molar refractivity (Wildman–Crippen MR) is 89.6 cm³/mol. The number of rotatable bonds is 5. The number of carbonyl (C=O) groups excluding carboxylic acids is 1. The smallest absolute Gasteiger partial charge is 0.255 e. The fraction of sp³-hybridized carbons (Fsp3) is 0.188. The lowest BCUT2D eigenvalue weighted by Gasteiger charge is -2.10. The van der Waals surface area contributed by atoms with Crippen molar-refractivity contribution in [3.8, 4) is 0 Å². The minimum Gasteiger partial charge on any atom is -0.349 e.